The second kappa shape index (κ2) is 7.36. The van der Waals surface area contributed by atoms with E-state index in [4.69, 9.17) is 4.74 Å². The molecule has 1 aliphatic heterocycles. The van der Waals surface area contributed by atoms with Crippen LogP contribution in [0.4, 0.5) is 5.69 Å². The molecule has 1 saturated heterocycles. The van der Waals surface area contributed by atoms with Crippen molar-refractivity contribution >= 4 is 15.5 Å². The summed E-state index contributed by atoms with van der Waals surface area (Å²) in [6, 6.07) is 17.5. The molecule has 1 fully saturated rings. The number of sulfone groups is 1. The van der Waals surface area contributed by atoms with Crippen LogP contribution in [0, 0.1) is 0 Å². The van der Waals surface area contributed by atoms with Crippen molar-refractivity contribution in [1.82, 2.24) is 0 Å². The standard InChI is InChI=1S/C19H23NO3S/c1-2-24(21,22)19-10-8-17(9-11-19)20-12-13-23-18(15-20)14-16-6-4-3-5-7-16/h3-11,18H,2,12-15H2,1H3. The molecule has 5 heteroatoms. The molecule has 0 saturated carbocycles. The molecule has 128 valence electrons. The Hall–Kier alpha value is -1.85. The van der Waals surface area contributed by atoms with Gasteiger partial charge in [-0.25, -0.2) is 8.42 Å². The van der Waals surface area contributed by atoms with Gasteiger partial charge in [-0.2, -0.15) is 0 Å². The number of rotatable bonds is 5. The van der Waals surface area contributed by atoms with Gasteiger partial charge in [-0.1, -0.05) is 37.3 Å². The fourth-order valence-electron chi connectivity index (χ4n) is 2.99. The Bertz CT molecular complexity index is 757. The lowest BCUT2D eigenvalue weighted by Crippen LogP contribution is -2.43. The zero-order valence-corrected chi connectivity index (χ0v) is 14.7. The first-order valence-corrected chi connectivity index (χ1v) is 9.97. The van der Waals surface area contributed by atoms with Crippen LogP contribution >= 0.6 is 0 Å². The Morgan fingerprint density at radius 1 is 1.08 bits per heavy atom. The largest absolute Gasteiger partial charge is 0.374 e. The van der Waals surface area contributed by atoms with E-state index in [1.165, 1.54) is 5.56 Å². The number of anilines is 1. The predicted octanol–water partition coefficient (Wildman–Crippen LogP) is 2.93. The van der Waals surface area contributed by atoms with Gasteiger partial charge in [-0.15, -0.1) is 0 Å². The predicted molar refractivity (Wildman–Crippen MR) is 96.3 cm³/mol. The first kappa shape index (κ1) is 17.0. The molecule has 1 heterocycles. The van der Waals surface area contributed by atoms with Crippen LogP contribution in [0.1, 0.15) is 12.5 Å². The smallest absolute Gasteiger partial charge is 0.178 e. The Labute approximate surface area is 144 Å². The number of hydrogen-bond donors (Lipinski definition) is 0. The topological polar surface area (TPSA) is 46.6 Å². The summed E-state index contributed by atoms with van der Waals surface area (Å²) in [4.78, 5) is 2.65. The van der Waals surface area contributed by atoms with Crippen LogP contribution in [0.5, 0.6) is 0 Å². The third-order valence-electron chi connectivity index (χ3n) is 4.39. The van der Waals surface area contributed by atoms with E-state index in [-0.39, 0.29) is 11.9 Å². The molecule has 0 radical (unpaired) electrons. The van der Waals surface area contributed by atoms with Crippen LogP contribution in [0.3, 0.4) is 0 Å². The van der Waals surface area contributed by atoms with Crippen molar-refractivity contribution in [3.8, 4) is 0 Å². The fourth-order valence-corrected chi connectivity index (χ4v) is 3.87. The van der Waals surface area contributed by atoms with Crippen molar-refractivity contribution in [3.63, 3.8) is 0 Å². The number of benzene rings is 2. The van der Waals surface area contributed by atoms with Crippen LogP contribution in [0.2, 0.25) is 0 Å². The normalized spacial score (nSPS) is 18.5. The third kappa shape index (κ3) is 3.97. The lowest BCUT2D eigenvalue weighted by molar-refractivity contribution is 0.0411. The molecular formula is C19H23NO3S. The van der Waals surface area contributed by atoms with Crippen LogP contribution in [-0.4, -0.2) is 40.0 Å². The third-order valence-corrected chi connectivity index (χ3v) is 6.14. The molecule has 4 nitrogen and oxygen atoms in total. The lowest BCUT2D eigenvalue weighted by Gasteiger charge is -2.34. The maximum Gasteiger partial charge on any atom is 0.178 e. The Morgan fingerprint density at radius 3 is 2.46 bits per heavy atom. The molecule has 2 aromatic rings. The minimum atomic E-state index is -3.14. The molecule has 24 heavy (non-hydrogen) atoms. The lowest BCUT2D eigenvalue weighted by atomic mass is 10.1. The van der Waals surface area contributed by atoms with Crippen molar-refractivity contribution in [3.05, 3.63) is 60.2 Å². The molecule has 0 bridgehead atoms. The van der Waals surface area contributed by atoms with E-state index >= 15 is 0 Å². The SMILES string of the molecule is CCS(=O)(=O)c1ccc(N2CCOC(Cc3ccccc3)C2)cc1. The Morgan fingerprint density at radius 2 is 1.79 bits per heavy atom. The number of morpholine rings is 1. The maximum absolute atomic E-state index is 11.9. The van der Waals surface area contributed by atoms with Crippen LogP contribution in [-0.2, 0) is 21.0 Å². The molecule has 0 N–H and O–H groups in total. The number of hydrogen-bond acceptors (Lipinski definition) is 4. The highest BCUT2D eigenvalue weighted by Crippen LogP contribution is 2.22. The average molecular weight is 345 g/mol. The van der Waals surface area contributed by atoms with Gasteiger partial charge in [-0.3, -0.25) is 0 Å². The van der Waals surface area contributed by atoms with Gasteiger partial charge in [0.2, 0.25) is 0 Å². The van der Waals surface area contributed by atoms with E-state index in [1.54, 1.807) is 19.1 Å². The summed E-state index contributed by atoms with van der Waals surface area (Å²) < 4.78 is 29.7. The van der Waals surface area contributed by atoms with Crippen LogP contribution in [0.25, 0.3) is 0 Å². The first-order chi connectivity index (χ1) is 11.6. The number of ether oxygens (including phenoxy) is 1. The average Bonchev–Trinajstić information content (AvgIpc) is 2.63. The molecule has 1 aliphatic rings. The van der Waals surface area contributed by atoms with Gasteiger partial charge in [0.05, 0.1) is 23.4 Å². The van der Waals surface area contributed by atoms with Crippen molar-refractivity contribution in [2.24, 2.45) is 0 Å². The van der Waals surface area contributed by atoms with Crippen LogP contribution in [0.15, 0.2) is 59.5 Å². The molecule has 1 atom stereocenters. The second-order valence-electron chi connectivity index (χ2n) is 6.03. The summed E-state index contributed by atoms with van der Waals surface area (Å²) in [7, 11) is -3.14. The summed E-state index contributed by atoms with van der Waals surface area (Å²) >= 11 is 0. The molecule has 1 unspecified atom stereocenters. The monoisotopic (exact) mass is 345 g/mol. The number of nitrogens with zero attached hydrogens (tertiary/aromatic N) is 1. The molecule has 0 aromatic heterocycles. The van der Waals surface area contributed by atoms with Crippen molar-refractivity contribution in [2.75, 3.05) is 30.3 Å². The maximum atomic E-state index is 11.9. The van der Waals surface area contributed by atoms with E-state index in [0.29, 0.717) is 11.5 Å². The van der Waals surface area contributed by atoms with Gasteiger partial charge < -0.3 is 9.64 Å². The minimum Gasteiger partial charge on any atom is -0.374 e. The molecule has 0 aliphatic carbocycles. The molecule has 0 amide bonds. The summed E-state index contributed by atoms with van der Waals surface area (Å²) in [5, 5.41) is 0. The first-order valence-electron chi connectivity index (χ1n) is 8.32. The molecule has 3 rings (SSSR count). The van der Waals surface area contributed by atoms with E-state index in [0.717, 1.165) is 25.2 Å². The highest BCUT2D eigenvalue weighted by Gasteiger charge is 2.21. The van der Waals surface area contributed by atoms with Gasteiger partial charge in [0.1, 0.15) is 0 Å². The molecule has 0 spiro atoms. The van der Waals surface area contributed by atoms with Crippen molar-refractivity contribution < 1.29 is 13.2 Å². The quantitative estimate of drug-likeness (QED) is 0.836. The van der Waals surface area contributed by atoms with E-state index < -0.39 is 9.84 Å². The minimum absolute atomic E-state index is 0.128. The summed E-state index contributed by atoms with van der Waals surface area (Å²) in [5.41, 5.74) is 2.32. The van der Waals surface area contributed by atoms with E-state index in [2.05, 4.69) is 17.0 Å². The Balaban J connectivity index is 1.68. The van der Waals surface area contributed by atoms with Crippen LogP contribution < -0.4 is 4.90 Å². The van der Waals surface area contributed by atoms with E-state index in [9.17, 15) is 8.42 Å². The Kier molecular flexibility index (Phi) is 5.21. The molecular weight excluding hydrogens is 322 g/mol. The zero-order chi connectivity index (χ0) is 17.0. The van der Waals surface area contributed by atoms with Gasteiger partial charge in [-0.05, 0) is 29.8 Å². The highest BCUT2D eigenvalue weighted by atomic mass is 32.2. The van der Waals surface area contributed by atoms with Crippen molar-refractivity contribution in [2.45, 2.75) is 24.3 Å². The molecule has 2 aromatic carbocycles. The highest BCUT2D eigenvalue weighted by molar-refractivity contribution is 7.91. The fraction of sp³-hybridized carbons (Fsp3) is 0.368. The summed E-state index contributed by atoms with van der Waals surface area (Å²) in [6.07, 6.45) is 1.04. The second-order valence-corrected chi connectivity index (χ2v) is 8.30. The van der Waals surface area contributed by atoms with Gasteiger partial charge in [0.25, 0.3) is 0 Å². The van der Waals surface area contributed by atoms with Gasteiger partial charge in [0, 0.05) is 25.2 Å². The van der Waals surface area contributed by atoms with E-state index in [1.807, 2.05) is 30.3 Å². The summed E-state index contributed by atoms with van der Waals surface area (Å²) in [5.74, 6) is 0.128. The zero-order valence-electron chi connectivity index (χ0n) is 13.9. The van der Waals surface area contributed by atoms with Crippen molar-refractivity contribution in [1.29, 1.82) is 0 Å². The van der Waals surface area contributed by atoms with Gasteiger partial charge >= 0.3 is 0 Å². The summed E-state index contributed by atoms with van der Waals surface area (Å²) in [6.45, 7) is 3.99. The van der Waals surface area contributed by atoms with Gasteiger partial charge in [0.15, 0.2) is 9.84 Å².